The molecule has 1 amide bonds. The van der Waals surface area contributed by atoms with Crippen molar-refractivity contribution in [2.75, 3.05) is 32.6 Å². The first kappa shape index (κ1) is 22.4. The van der Waals surface area contributed by atoms with Crippen LogP contribution < -0.4 is 14.8 Å². The number of benzene rings is 2. The van der Waals surface area contributed by atoms with Crippen LogP contribution in [-0.4, -0.2) is 45.9 Å². The zero-order valence-corrected chi connectivity index (χ0v) is 18.5. The second-order valence-corrected chi connectivity index (χ2v) is 9.46. The lowest BCUT2D eigenvalue weighted by molar-refractivity contribution is -0.120. The van der Waals surface area contributed by atoms with Crippen LogP contribution in [0.5, 0.6) is 11.5 Å². The largest absolute Gasteiger partial charge is 0.493 e. The molecule has 0 aliphatic carbocycles. The molecule has 3 rings (SSSR count). The van der Waals surface area contributed by atoms with Gasteiger partial charge in [0.15, 0.2) is 11.5 Å². The number of methoxy groups -OCH3 is 2. The Morgan fingerprint density at radius 2 is 1.77 bits per heavy atom. The first-order chi connectivity index (χ1) is 14.3. The van der Waals surface area contributed by atoms with Crippen LogP contribution in [0.15, 0.2) is 42.5 Å². The molecular weight excluding hydrogens is 428 g/mol. The van der Waals surface area contributed by atoms with Gasteiger partial charge < -0.3 is 14.8 Å². The minimum absolute atomic E-state index is 0.134. The van der Waals surface area contributed by atoms with Crippen LogP contribution in [0.1, 0.15) is 18.4 Å². The van der Waals surface area contributed by atoms with Crippen LogP contribution in [0.2, 0.25) is 5.02 Å². The van der Waals surface area contributed by atoms with Gasteiger partial charge in [0.25, 0.3) is 0 Å². The Morgan fingerprint density at radius 3 is 2.40 bits per heavy atom. The van der Waals surface area contributed by atoms with E-state index in [1.165, 1.54) is 11.4 Å². The number of carbonyl (C=O) groups excluding carboxylic acids is 1. The molecule has 1 N–H and O–H groups in total. The third-order valence-corrected chi connectivity index (χ3v) is 7.36. The number of ether oxygens (including phenoxy) is 2. The van der Waals surface area contributed by atoms with Crippen LogP contribution in [0.3, 0.4) is 0 Å². The van der Waals surface area contributed by atoms with Crippen molar-refractivity contribution < 1.29 is 22.7 Å². The molecule has 0 radical (unpaired) electrons. The Balaban J connectivity index is 1.58. The number of nitrogens with zero attached hydrogens (tertiary/aromatic N) is 1. The van der Waals surface area contributed by atoms with Crippen molar-refractivity contribution in [3.05, 3.63) is 53.1 Å². The third kappa shape index (κ3) is 5.24. The van der Waals surface area contributed by atoms with E-state index in [0.29, 0.717) is 53.7 Å². The van der Waals surface area contributed by atoms with Gasteiger partial charge in [0, 0.05) is 35.8 Å². The lowest BCUT2D eigenvalue weighted by Crippen LogP contribution is -2.41. The van der Waals surface area contributed by atoms with Crippen molar-refractivity contribution >= 4 is 33.2 Å². The van der Waals surface area contributed by atoms with Crippen LogP contribution in [0, 0.1) is 5.92 Å². The van der Waals surface area contributed by atoms with E-state index in [1.807, 2.05) is 0 Å². The number of rotatable bonds is 7. The first-order valence-corrected chi connectivity index (χ1v) is 11.6. The summed E-state index contributed by atoms with van der Waals surface area (Å²) in [4.78, 5) is 12.6. The van der Waals surface area contributed by atoms with Gasteiger partial charge in [0.1, 0.15) is 0 Å². The third-order valence-electron chi connectivity index (χ3n) is 5.16. The molecule has 0 atom stereocenters. The summed E-state index contributed by atoms with van der Waals surface area (Å²) in [7, 11) is -0.422. The molecule has 9 heteroatoms. The van der Waals surface area contributed by atoms with Gasteiger partial charge in [0.2, 0.25) is 15.9 Å². The van der Waals surface area contributed by atoms with E-state index in [1.54, 1.807) is 49.6 Å². The highest BCUT2D eigenvalue weighted by Crippen LogP contribution is 2.31. The van der Waals surface area contributed by atoms with Crippen LogP contribution in [0.4, 0.5) is 5.69 Å². The second-order valence-electron chi connectivity index (χ2n) is 7.08. The fourth-order valence-electron chi connectivity index (χ4n) is 3.46. The number of piperidine rings is 1. The number of halogens is 1. The first-order valence-electron chi connectivity index (χ1n) is 9.58. The maximum Gasteiger partial charge on any atom is 0.227 e. The molecule has 0 bridgehead atoms. The fraction of sp³-hybridized carbons (Fsp3) is 0.381. The van der Waals surface area contributed by atoms with Gasteiger partial charge in [-0.05, 0) is 36.6 Å². The minimum atomic E-state index is -3.50. The van der Waals surface area contributed by atoms with E-state index in [0.717, 1.165) is 0 Å². The number of nitrogens with one attached hydrogen (secondary N) is 1. The topological polar surface area (TPSA) is 84.9 Å². The van der Waals surface area contributed by atoms with E-state index in [4.69, 9.17) is 21.1 Å². The summed E-state index contributed by atoms with van der Waals surface area (Å²) in [5, 5.41) is 3.31. The molecule has 2 aromatic carbocycles. The van der Waals surface area contributed by atoms with Crippen molar-refractivity contribution in [2.45, 2.75) is 18.6 Å². The summed E-state index contributed by atoms with van der Waals surface area (Å²) in [5.74, 6) is 0.563. The molecule has 0 spiro atoms. The highest BCUT2D eigenvalue weighted by atomic mass is 35.5. The van der Waals surface area contributed by atoms with E-state index < -0.39 is 10.0 Å². The molecule has 1 aliphatic rings. The van der Waals surface area contributed by atoms with Gasteiger partial charge in [-0.2, -0.15) is 0 Å². The van der Waals surface area contributed by atoms with E-state index in [2.05, 4.69) is 5.32 Å². The molecule has 0 aromatic heterocycles. The quantitative estimate of drug-likeness (QED) is 0.694. The smallest absolute Gasteiger partial charge is 0.227 e. The SMILES string of the molecule is COc1ccc(NC(=O)C2CCN(S(=O)(=O)Cc3ccccc3Cl)CC2)cc1OC. The zero-order chi connectivity index (χ0) is 21.7. The summed E-state index contributed by atoms with van der Waals surface area (Å²) in [5.41, 5.74) is 1.18. The maximum absolute atomic E-state index is 12.7. The summed E-state index contributed by atoms with van der Waals surface area (Å²) in [6, 6.07) is 12.1. The number of anilines is 1. The number of hydrogen-bond donors (Lipinski definition) is 1. The molecule has 1 heterocycles. The van der Waals surface area contributed by atoms with Gasteiger partial charge in [-0.3, -0.25) is 4.79 Å². The molecular formula is C21H25ClN2O5S. The van der Waals surface area contributed by atoms with Gasteiger partial charge >= 0.3 is 0 Å². The van der Waals surface area contributed by atoms with Crippen LogP contribution in [-0.2, 0) is 20.6 Å². The summed E-state index contributed by atoms with van der Waals surface area (Å²) in [6.07, 6.45) is 0.918. The van der Waals surface area contributed by atoms with E-state index >= 15 is 0 Å². The minimum Gasteiger partial charge on any atom is -0.493 e. The standard InChI is InChI=1S/C21H25ClN2O5S/c1-28-19-8-7-17(13-20(19)29-2)23-21(25)15-9-11-24(12-10-15)30(26,27)14-16-5-3-4-6-18(16)22/h3-8,13,15H,9-12,14H2,1-2H3,(H,23,25). The molecule has 162 valence electrons. The molecule has 1 aliphatic heterocycles. The van der Waals surface area contributed by atoms with Crippen molar-refractivity contribution in [3.63, 3.8) is 0 Å². The lowest BCUT2D eigenvalue weighted by Gasteiger charge is -2.30. The Labute approximate surface area is 182 Å². The van der Waals surface area contributed by atoms with Crippen molar-refractivity contribution in [2.24, 2.45) is 5.92 Å². The van der Waals surface area contributed by atoms with Crippen molar-refractivity contribution in [3.8, 4) is 11.5 Å². The Morgan fingerprint density at radius 1 is 1.10 bits per heavy atom. The molecule has 2 aromatic rings. The molecule has 30 heavy (non-hydrogen) atoms. The molecule has 1 fully saturated rings. The molecule has 7 nitrogen and oxygen atoms in total. The Bertz CT molecular complexity index is 1000. The zero-order valence-electron chi connectivity index (χ0n) is 16.9. The number of hydrogen-bond acceptors (Lipinski definition) is 5. The van der Waals surface area contributed by atoms with Crippen LogP contribution >= 0.6 is 11.6 Å². The van der Waals surface area contributed by atoms with Gasteiger partial charge in [-0.15, -0.1) is 0 Å². The highest BCUT2D eigenvalue weighted by Gasteiger charge is 2.31. The van der Waals surface area contributed by atoms with Gasteiger partial charge in [-0.1, -0.05) is 29.8 Å². The predicted molar refractivity (Wildman–Crippen MR) is 117 cm³/mol. The lowest BCUT2D eigenvalue weighted by atomic mass is 9.97. The van der Waals surface area contributed by atoms with E-state index in [-0.39, 0.29) is 17.6 Å². The summed E-state index contributed by atoms with van der Waals surface area (Å²) < 4.78 is 37.4. The summed E-state index contributed by atoms with van der Waals surface area (Å²) >= 11 is 6.10. The average molecular weight is 453 g/mol. The monoisotopic (exact) mass is 452 g/mol. The Hall–Kier alpha value is -2.29. The summed E-state index contributed by atoms with van der Waals surface area (Å²) in [6.45, 7) is 0.605. The van der Waals surface area contributed by atoms with Crippen molar-refractivity contribution in [1.29, 1.82) is 0 Å². The number of sulfonamides is 1. The van der Waals surface area contributed by atoms with Gasteiger partial charge in [0.05, 0.1) is 20.0 Å². The fourth-order valence-corrected chi connectivity index (χ4v) is 5.33. The molecule has 1 saturated heterocycles. The van der Waals surface area contributed by atoms with Crippen LogP contribution in [0.25, 0.3) is 0 Å². The normalized spacial score (nSPS) is 15.6. The highest BCUT2D eigenvalue weighted by molar-refractivity contribution is 7.88. The Kier molecular flexibility index (Phi) is 7.23. The average Bonchev–Trinajstić information content (AvgIpc) is 2.75. The number of carbonyl (C=O) groups is 1. The molecule has 0 unspecified atom stereocenters. The van der Waals surface area contributed by atoms with Crippen molar-refractivity contribution in [1.82, 2.24) is 4.31 Å². The van der Waals surface area contributed by atoms with E-state index in [9.17, 15) is 13.2 Å². The second kappa shape index (κ2) is 9.68. The molecule has 0 saturated carbocycles. The maximum atomic E-state index is 12.7. The van der Waals surface area contributed by atoms with Gasteiger partial charge in [-0.25, -0.2) is 12.7 Å². The predicted octanol–water partition coefficient (Wildman–Crippen LogP) is 3.54. The number of amides is 1.